The van der Waals surface area contributed by atoms with Gasteiger partial charge in [-0.2, -0.15) is 5.26 Å². The van der Waals surface area contributed by atoms with Crippen LogP contribution in [0, 0.1) is 34.5 Å². The molecule has 0 N–H and O–H groups in total. The maximum Gasteiger partial charge on any atom is 0.122 e. The van der Waals surface area contributed by atoms with Crippen LogP contribution in [0.3, 0.4) is 0 Å². The summed E-state index contributed by atoms with van der Waals surface area (Å²) in [6.07, 6.45) is 12.5. The van der Waals surface area contributed by atoms with Crippen LogP contribution in [0.15, 0.2) is 18.2 Å². The third-order valence-electron chi connectivity index (χ3n) is 7.38. The Labute approximate surface area is 145 Å². The lowest BCUT2D eigenvalue weighted by atomic mass is 9.50. The molecule has 5 aliphatic carbocycles. The minimum atomic E-state index is 0.458. The maximum atomic E-state index is 9.22. The molecule has 0 aromatic heterocycles. The zero-order valence-electron chi connectivity index (χ0n) is 14.5. The Morgan fingerprint density at radius 1 is 1.04 bits per heavy atom. The number of hydrogen-bond acceptors (Lipinski definition) is 2. The van der Waals surface area contributed by atoms with Crippen molar-refractivity contribution in [3.8, 4) is 11.8 Å². The molecule has 6 rings (SSSR count). The van der Waals surface area contributed by atoms with E-state index in [0.29, 0.717) is 11.3 Å². The average molecular weight is 321 g/mol. The molecule has 0 radical (unpaired) electrons. The first kappa shape index (κ1) is 14.8. The summed E-state index contributed by atoms with van der Waals surface area (Å²) in [6.45, 7) is 0.905. The van der Waals surface area contributed by atoms with Crippen molar-refractivity contribution in [3.05, 3.63) is 29.3 Å². The lowest BCUT2D eigenvalue weighted by Crippen LogP contribution is -2.48. The van der Waals surface area contributed by atoms with Gasteiger partial charge in [-0.1, -0.05) is 6.42 Å². The van der Waals surface area contributed by atoms with Crippen LogP contribution >= 0.6 is 0 Å². The van der Waals surface area contributed by atoms with Gasteiger partial charge in [0.15, 0.2) is 0 Å². The monoisotopic (exact) mass is 321 g/mol. The molecule has 126 valence electrons. The molecule has 4 bridgehead atoms. The first-order valence-corrected chi connectivity index (χ1v) is 9.90. The summed E-state index contributed by atoms with van der Waals surface area (Å²) in [4.78, 5) is 0. The molecule has 5 fully saturated rings. The van der Waals surface area contributed by atoms with E-state index in [4.69, 9.17) is 4.74 Å². The second-order valence-corrected chi connectivity index (χ2v) is 9.20. The summed E-state index contributed by atoms with van der Waals surface area (Å²) < 4.78 is 6.47. The number of rotatable bonds is 4. The predicted octanol–water partition coefficient (Wildman–Crippen LogP) is 5.42. The summed E-state index contributed by atoms with van der Waals surface area (Å²) >= 11 is 0. The normalized spacial score (nSPS) is 37.0. The van der Waals surface area contributed by atoms with Crippen molar-refractivity contribution in [3.63, 3.8) is 0 Å². The molecule has 0 aliphatic heterocycles. The first-order chi connectivity index (χ1) is 11.7. The van der Waals surface area contributed by atoms with Gasteiger partial charge in [-0.15, -0.1) is 0 Å². The fourth-order valence-corrected chi connectivity index (χ4v) is 6.49. The van der Waals surface area contributed by atoms with Gasteiger partial charge in [0.2, 0.25) is 0 Å². The largest absolute Gasteiger partial charge is 0.493 e. The van der Waals surface area contributed by atoms with Crippen LogP contribution in [0.25, 0.3) is 0 Å². The molecule has 5 aliphatic rings. The van der Waals surface area contributed by atoms with Gasteiger partial charge in [0.1, 0.15) is 5.75 Å². The summed E-state index contributed by atoms with van der Waals surface area (Å²) in [5.74, 6) is 4.62. The number of benzene rings is 1. The van der Waals surface area contributed by atoms with Crippen molar-refractivity contribution < 1.29 is 4.74 Å². The van der Waals surface area contributed by atoms with E-state index in [1.807, 2.05) is 6.07 Å². The van der Waals surface area contributed by atoms with E-state index in [2.05, 4.69) is 18.2 Å². The van der Waals surface area contributed by atoms with E-state index in [1.54, 1.807) is 0 Å². The SMILES string of the molecule is N#Cc1ccc(OCC23CC4CC(CC(C4)C2)C3)c(C2CCC2)c1. The highest BCUT2D eigenvalue weighted by Gasteiger charge is 2.51. The highest BCUT2D eigenvalue weighted by atomic mass is 16.5. The number of nitriles is 1. The molecular weight excluding hydrogens is 294 g/mol. The van der Waals surface area contributed by atoms with Gasteiger partial charge < -0.3 is 4.74 Å². The summed E-state index contributed by atoms with van der Waals surface area (Å²) in [5.41, 5.74) is 2.53. The van der Waals surface area contributed by atoms with Crippen LogP contribution in [0.5, 0.6) is 5.75 Å². The van der Waals surface area contributed by atoms with Gasteiger partial charge in [0.05, 0.1) is 18.2 Å². The van der Waals surface area contributed by atoms with Gasteiger partial charge in [0.25, 0.3) is 0 Å². The quantitative estimate of drug-likeness (QED) is 0.741. The van der Waals surface area contributed by atoms with Gasteiger partial charge in [0, 0.05) is 5.41 Å². The highest BCUT2D eigenvalue weighted by molar-refractivity contribution is 5.44. The Hall–Kier alpha value is -1.49. The second kappa shape index (κ2) is 5.51. The zero-order chi connectivity index (χ0) is 16.1. The molecule has 1 aromatic carbocycles. The summed E-state index contributed by atoms with van der Waals surface area (Å²) in [5, 5.41) is 9.22. The Bertz CT molecular complexity index is 646. The molecular formula is C22H27NO. The minimum absolute atomic E-state index is 0.458. The average Bonchev–Trinajstić information content (AvgIpc) is 2.50. The molecule has 1 aromatic rings. The van der Waals surface area contributed by atoms with E-state index in [0.717, 1.165) is 35.7 Å². The lowest BCUT2D eigenvalue weighted by molar-refractivity contribution is -0.0747. The summed E-state index contributed by atoms with van der Waals surface area (Å²) in [6, 6.07) is 8.36. The molecule has 0 unspecified atom stereocenters. The van der Waals surface area contributed by atoms with Crippen molar-refractivity contribution in [1.82, 2.24) is 0 Å². The molecule has 5 saturated carbocycles. The molecule has 0 spiro atoms. The molecule has 2 nitrogen and oxygen atoms in total. The zero-order valence-corrected chi connectivity index (χ0v) is 14.5. The smallest absolute Gasteiger partial charge is 0.122 e. The van der Waals surface area contributed by atoms with Crippen LogP contribution in [0.1, 0.15) is 74.8 Å². The summed E-state index contributed by atoms with van der Waals surface area (Å²) in [7, 11) is 0. The maximum absolute atomic E-state index is 9.22. The third-order valence-corrected chi connectivity index (χ3v) is 7.38. The molecule has 0 amide bonds. The van der Waals surface area contributed by atoms with Gasteiger partial charge >= 0.3 is 0 Å². The van der Waals surface area contributed by atoms with Crippen molar-refractivity contribution in [2.75, 3.05) is 6.61 Å². The molecule has 2 heteroatoms. The topological polar surface area (TPSA) is 33.0 Å². The fraction of sp³-hybridized carbons (Fsp3) is 0.682. The van der Waals surface area contributed by atoms with Crippen LogP contribution in [-0.2, 0) is 0 Å². The minimum Gasteiger partial charge on any atom is -0.493 e. The van der Waals surface area contributed by atoms with Crippen LogP contribution in [-0.4, -0.2) is 6.61 Å². The van der Waals surface area contributed by atoms with Gasteiger partial charge in [-0.3, -0.25) is 0 Å². The fourth-order valence-electron chi connectivity index (χ4n) is 6.49. The van der Waals surface area contributed by atoms with Gasteiger partial charge in [-0.05, 0) is 98.8 Å². The highest BCUT2D eigenvalue weighted by Crippen LogP contribution is 2.60. The molecule has 0 atom stereocenters. The van der Waals surface area contributed by atoms with E-state index < -0.39 is 0 Å². The number of hydrogen-bond donors (Lipinski definition) is 0. The Balaban J connectivity index is 1.36. The third kappa shape index (κ3) is 2.44. The van der Waals surface area contributed by atoms with E-state index in [-0.39, 0.29) is 0 Å². The second-order valence-electron chi connectivity index (χ2n) is 9.20. The molecule has 24 heavy (non-hydrogen) atoms. The number of nitrogens with zero attached hydrogens (tertiary/aromatic N) is 1. The Kier molecular flexibility index (Phi) is 3.40. The van der Waals surface area contributed by atoms with Crippen LogP contribution in [0.4, 0.5) is 0 Å². The Morgan fingerprint density at radius 2 is 1.71 bits per heavy atom. The van der Waals surface area contributed by atoms with Crippen molar-refractivity contribution in [2.24, 2.45) is 23.2 Å². The van der Waals surface area contributed by atoms with Crippen molar-refractivity contribution in [1.29, 1.82) is 5.26 Å². The first-order valence-electron chi connectivity index (χ1n) is 9.90. The van der Waals surface area contributed by atoms with E-state index in [9.17, 15) is 5.26 Å². The van der Waals surface area contributed by atoms with E-state index >= 15 is 0 Å². The molecule has 0 saturated heterocycles. The van der Waals surface area contributed by atoms with Crippen molar-refractivity contribution in [2.45, 2.75) is 63.7 Å². The van der Waals surface area contributed by atoms with Crippen molar-refractivity contribution >= 4 is 0 Å². The predicted molar refractivity (Wildman–Crippen MR) is 93.8 cm³/mol. The molecule has 0 heterocycles. The van der Waals surface area contributed by atoms with Crippen LogP contribution in [0.2, 0.25) is 0 Å². The van der Waals surface area contributed by atoms with Crippen LogP contribution < -0.4 is 4.74 Å². The lowest BCUT2D eigenvalue weighted by Gasteiger charge is -2.56. The van der Waals surface area contributed by atoms with E-state index in [1.165, 1.54) is 63.4 Å². The standard InChI is InChI=1S/C22H27NO/c23-13-15-4-5-21(20(9-15)19-2-1-3-19)24-14-22-10-16-6-17(11-22)8-18(7-16)12-22/h4-5,9,16-19H,1-3,6-8,10-12,14H2. The Morgan fingerprint density at radius 3 is 2.25 bits per heavy atom. The van der Waals surface area contributed by atoms with Gasteiger partial charge in [-0.25, -0.2) is 0 Å². The number of ether oxygens (including phenoxy) is 1.